The molecule has 2 aromatic rings. The molecule has 1 atom stereocenters. The summed E-state index contributed by atoms with van der Waals surface area (Å²) in [6.45, 7) is 9.90. The molecule has 1 aromatic carbocycles. The lowest BCUT2D eigenvalue weighted by Gasteiger charge is -2.16. The Morgan fingerprint density at radius 2 is 2.00 bits per heavy atom. The van der Waals surface area contributed by atoms with Gasteiger partial charge in [-0.2, -0.15) is 0 Å². The number of H-pyrrole nitrogens is 1. The van der Waals surface area contributed by atoms with E-state index in [1.165, 1.54) is 16.6 Å². The highest BCUT2D eigenvalue weighted by molar-refractivity contribution is 7.71. The van der Waals surface area contributed by atoms with E-state index in [0.717, 1.165) is 11.3 Å². The summed E-state index contributed by atoms with van der Waals surface area (Å²) in [5.41, 5.74) is 3.65. The van der Waals surface area contributed by atoms with Crippen molar-refractivity contribution in [2.75, 3.05) is 0 Å². The molecular weight excluding hydrogens is 228 g/mol. The standard InChI is InChI=1S/C14H20N2S/c1-9(2)11(4)8-16-12-7-5-6-10(3)13(12)15-14(16)17/h5-7,9,11H,8H2,1-4H3,(H,15,17). The normalized spacial score (nSPS) is 13.5. The molecule has 2 rings (SSSR count). The first-order chi connectivity index (χ1) is 8.00. The van der Waals surface area contributed by atoms with Gasteiger partial charge in [-0.25, -0.2) is 0 Å². The van der Waals surface area contributed by atoms with Crippen LogP contribution in [0.15, 0.2) is 18.2 Å². The van der Waals surface area contributed by atoms with E-state index in [4.69, 9.17) is 12.2 Å². The van der Waals surface area contributed by atoms with Crippen LogP contribution in [0.3, 0.4) is 0 Å². The first kappa shape index (κ1) is 12.4. The van der Waals surface area contributed by atoms with Crippen LogP contribution in [0.2, 0.25) is 0 Å². The molecule has 0 saturated carbocycles. The summed E-state index contributed by atoms with van der Waals surface area (Å²) >= 11 is 5.42. The van der Waals surface area contributed by atoms with E-state index in [1.807, 2.05) is 0 Å². The second-order valence-corrected chi connectivity index (χ2v) is 5.62. The quantitative estimate of drug-likeness (QED) is 0.803. The van der Waals surface area contributed by atoms with Gasteiger partial charge in [0.05, 0.1) is 11.0 Å². The highest BCUT2D eigenvalue weighted by Gasteiger charge is 2.12. The minimum absolute atomic E-state index is 0.626. The van der Waals surface area contributed by atoms with Gasteiger partial charge in [-0.05, 0) is 42.6 Å². The van der Waals surface area contributed by atoms with Crippen LogP contribution in [0.5, 0.6) is 0 Å². The number of aryl methyl sites for hydroxylation is 1. The number of aromatic amines is 1. The number of fused-ring (bicyclic) bond motifs is 1. The van der Waals surface area contributed by atoms with E-state index in [2.05, 4.69) is 55.4 Å². The van der Waals surface area contributed by atoms with Crippen LogP contribution in [0.1, 0.15) is 26.3 Å². The fourth-order valence-electron chi connectivity index (χ4n) is 2.00. The predicted octanol–water partition coefficient (Wildman–Crippen LogP) is 4.30. The van der Waals surface area contributed by atoms with Crippen molar-refractivity contribution in [1.82, 2.24) is 9.55 Å². The fourth-order valence-corrected chi connectivity index (χ4v) is 2.28. The number of nitrogens with one attached hydrogen (secondary N) is 1. The molecule has 3 heteroatoms. The van der Waals surface area contributed by atoms with Crippen molar-refractivity contribution in [3.05, 3.63) is 28.5 Å². The highest BCUT2D eigenvalue weighted by Crippen LogP contribution is 2.21. The summed E-state index contributed by atoms with van der Waals surface area (Å²) < 4.78 is 3.06. The molecule has 1 aromatic heterocycles. The Hall–Kier alpha value is -1.09. The Balaban J connectivity index is 2.51. The summed E-state index contributed by atoms with van der Waals surface area (Å²) in [5.74, 6) is 1.30. The van der Waals surface area contributed by atoms with Crippen molar-refractivity contribution in [3.8, 4) is 0 Å². The number of para-hydroxylation sites is 1. The Labute approximate surface area is 108 Å². The minimum atomic E-state index is 0.626. The van der Waals surface area contributed by atoms with Crippen LogP contribution in [0.25, 0.3) is 11.0 Å². The fraction of sp³-hybridized carbons (Fsp3) is 0.500. The molecule has 0 aliphatic rings. The third-order valence-corrected chi connectivity index (χ3v) is 3.95. The molecule has 2 nitrogen and oxygen atoms in total. The molecule has 0 bridgehead atoms. The molecule has 92 valence electrons. The van der Waals surface area contributed by atoms with Crippen molar-refractivity contribution in [1.29, 1.82) is 0 Å². The Morgan fingerprint density at radius 3 is 2.65 bits per heavy atom. The van der Waals surface area contributed by atoms with Crippen LogP contribution in [-0.2, 0) is 6.54 Å². The Bertz CT molecular complexity index is 577. The molecule has 0 radical (unpaired) electrons. The SMILES string of the molecule is Cc1cccc2c1[nH]c(=S)n2CC(C)C(C)C. The lowest BCUT2D eigenvalue weighted by Crippen LogP contribution is -2.13. The zero-order valence-electron chi connectivity index (χ0n) is 10.9. The summed E-state index contributed by atoms with van der Waals surface area (Å²) in [5, 5.41) is 0. The summed E-state index contributed by atoms with van der Waals surface area (Å²) in [7, 11) is 0. The second kappa shape index (κ2) is 4.65. The Kier molecular flexibility index (Phi) is 3.38. The van der Waals surface area contributed by atoms with E-state index >= 15 is 0 Å². The maximum Gasteiger partial charge on any atom is 0.178 e. The zero-order valence-corrected chi connectivity index (χ0v) is 11.8. The average molecular weight is 248 g/mol. The van der Waals surface area contributed by atoms with Crippen LogP contribution in [0, 0.1) is 23.5 Å². The van der Waals surface area contributed by atoms with Gasteiger partial charge in [-0.15, -0.1) is 0 Å². The van der Waals surface area contributed by atoms with E-state index in [9.17, 15) is 0 Å². The van der Waals surface area contributed by atoms with Crippen LogP contribution >= 0.6 is 12.2 Å². The van der Waals surface area contributed by atoms with Crippen molar-refractivity contribution < 1.29 is 0 Å². The van der Waals surface area contributed by atoms with E-state index in [1.54, 1.807) is 0 Å². The molecule has 0 spiro atoms. The topological polar surface area (TPSA) is 20.7 Å². The number of benzene rings is 1. The third-order valence-electron chi connectivity index (χ3n) is 3.63. The summed E-state index contributed by atoms with van der Waals surface area (Å²) in [4.78, 5) is 3.32. The van der Waals surface area contributed by atoms with Gasteiger partial charge in [0.25, 0.3) is 0 Å². The monoisotopic (exact) mass is 248 g/mol. The second-order valence-electron chi connectivity index (χ2n) is 5.23. The average Bonchev–Trinajstić information content (AvgIpc) is 2.58. The number of rotatable bonds is 3. The number of hydrogen-bond acceptors (Lipinski definition) is 1. The van der Waals surface area contributed by atoms with Gasteiger partial charge in [0.2, 0.25) is 0 Å². The summed E-state index contributed by atoms with van der Waals surface area (Å²) in [6, 6.07) is 6.35. The number of hydrogen-bond donors (Lipinski definition) is 1. The van der Waals surface area contributed by atoms with Gasteiger partial charge in [-0.1, -0.05) is 32.9 Å². The number of nitrogens with zero attached hydrogens (tertiary/aromatic N) is 1. The smallest absolute Gasteiger partial charge is 0.178 e. The first-order valence-electron chi connectivity index (χ1n) is 6.19. The van der Waals surface area contributed by atoms with Crippen molar-refractivity contribution in [2.24, 2.45) is 11.8 Å². The summed E-state index contributed by atoms with van der Waals surface area (Å²) in [6.07, 6.45) is 0. The molecule has 0 saturated heterocycles. The zero-order chi connectivity index (χ0) is 12.6. The third kappa shape index (κ3) is 2.29. The van der Waals surface area contributed by atoms with Crippen molar-refractivity contribution in [2.45, 2.75) is 34.2 Å². The molecular formula is C14H20N2S. The predicted molar refractivity (Wildman–Crippen MR) is 75.9 cm³/mol. The molecule has 1 heterocycles. The van der Waals surface area contributed by atoms with E-state index < -0.39 is 0 Å². The van der Waals surface area contributed by atoms with Crippen molar-refractivity contribution >= 4 is 23.3 Å². The molecule has 1 N–H and O–H groups in total. The van der Waals surface area contributed by atoms with Crippen LogP contribution in [0.4, 0.5) is 0 Å². The van der Waals surface area contributed by atoms with Gasteiger partial charge in [-0.3, -0.25) is 0 Å². The molecule has 0 fully saturated rings. The largest absolute Gasteiger partial charge is 0.330 e. The van der Waals surface area contributed by atoms with Gasteiger partial charge in [0, 0.05) is 6.54 Å². The Morgan fingerprint density at radius 1 is 1.29 bits per heavy atom. The lowest BCUT2D eigenvalue weighted by molar-refractivity contribution is 0.367. The molecule has 0 aliphatic carbocycles. The maximum atomic E-state index is 5.42. The van der Waals surface area contributed by atoms with Gasteiger partial charge < -0.3 is 9.55 Å². The molecule has 1 unspecified atom stereocenters. The maximum absolute atomic E-state index is 5.42. The van der Waals surface area contributed by atoms with E-state index in [0.29, 0.717) is 11.8 Å². The highest BCUT2D eigenvalue weighted by atomic mass is 32.1. The number of imidazole rings is 1. The molecule has 17 heavy (non-hydrogen) atoms. The first-order valence-corrected chi connectivity index (χ1v) is 6.59. The van der Waals surface area contributed by atoms with Gasteiger partial charge in [0.1, 0.15) is 0 Å². The molecule has 0 aliphatic heterocycles. The molecule has 0 amide bonds. The lowest BCUT2D eigenvalue weighted by atomic mass is 9.98. The van der Waals surface area contributed by atoms with Crippen LogP contribution in [-0.4, -0.2) is 9.55 Å². The van der Waals surface area contributed by atoms with Crippen LogP contribution < -0.4 is 0 Å². The van der Waals surface area contributed by atoms with E-state index in [-0.39, 0.29) is 0 Å². The van der Waals surface area contributed by atoms with Gasteiger partial charge >= 0.3 is 0 Å². The number of aromatic nitrogens is 2. The minimum Gasteiger partial charge on any atom is -0.330 e. The van der Waals surface area contributed by atoms with Crippen molar-refractivity contribution in [3.63, 3.8) is 0 Å². The van der Waals surface area contributed by atoms with Gasteiger partial charge in [0.15, 0.2) is 4.77 Å².